The molecule has 4 nitrogen and oxygen atoms in total. The second-order valence-electron chi connectivity index (χ2n) is 3.63. The van der Waals surface area contributed by atoms with Gasteiger partial charge in [0.2, 0.25) is 0 Å². The first kappa shape index (κ1) is 11.2. The summed E-state index contributed by atoms with van der Waals surface area (Å²) in [5.74, 6) is 0. The van der Waals surface area contributed by atoms with Crippen molar-refractivity contribution in [3.8, 4) is 0 Å². The Morgan fingerprint density at radius 3 is 2.86 bits per heavy atom. The maximum absolute atomic E-state index is 10.4. The number of aldehydes is 1. The molecule has 2 unspecified atom stereocenters. The normalized spacial score (nSPS) is 27.8. The summed E-state index contributed by atoms with van der Waals surface area (Å²) in [5, 5.41) is 8.88. The van der Waals surface area contributed by atoms with Gasteiger partial charge in [-0.25, -0.2) is 0 Å². The van der Waals surface area contributed by atoms with Crippen LogP contribution in [0.25, 0.3) is 0 Å². The number of carbonyl (C=O) groups excluding carboxylic acids is 1. The minimum absolute atomic E-state index is 0.0120. The molecule has 4 heteroatoms. The fraction of sp³-hybridized carbons (Fsp3) is 0.700. The lowest BCUT2D eigenvalue weighted by Gasteiger charge is -2.22. The number of ether oxygens (including phenoxy) is 1. The molecule has 1 aliphatic heterocycles. The van der Waals surface area contributed by atoms with Gasteiger partial charge < -0.3 is 14.7 Å². The van der Waals surface area contributed by atoms with E-state index in [0.29, 0.717) is 5.57 Å². The zero-order valence-electron chi connectivity index (χ0n) is 8.64. The number of hydrogen-bond acceptors (Lipinski definition) is 4. The van der Waals surface area contributed by atoms with E-state index in [1.54, 1.807) is 13.1 Å². The molecule has 1 saturated heterocycles. The molecule has 1 fully saturated rings. The summed E-state index contributed by atoms with van der Waals surface area (Å²) in [6, 6.07) is 0. The van der Waals surface area contributed by atoms with Crippen LogP contribution in [0.2, 0.25) is 0 Å². The molecular weight excluding hydrogens is 182 g/mol. The fourth-order valence-corrected chi connectivity index (χ4v) is 1.56. The van der Waals surface area contributed by atoms with Crippen LogP contribution in [0.5, 0.6) is 0 Å². The first-order valence-corrected chi connectivity index (χ1v) is 4.79. The van der Waals surface area contributed by atoms with E-state index in [1.165, 1.54) is 0 Å². The van der Waals surface area contributed by atoms with Crippen LogP contribution in [0.15, 0.2) is 11.8 Å². The predicted molar refractivity (Wildman–Crippen MR) is 52.6 cm³/mol. The third kappa shape index (κ3) is 2.82. The largest absolute Gasteiger partial charge is 0.394 e. The van der Waals surface area contributed by atoms with Gasteiger partial charge in [-0.1, -0.05) is 0 Å². The van der Waals surface area contributed by atoms with E-state index in [4.69, 9.17) is 9.84 Å². The Morgan fingerprint density at radius 1 is 1.64 bits per heavy atom. The van der Waals surface area contributed by atoms with Crippen molar-refractivity contribution >= 4 is 6.29 Å². The second-order valence-corrected chi connectivity index (χ2v) is 3.63. The molecule has 0 aromatic rings. The highest BCUT2D eigenvalue weighted by Crippen LogP contribution is 2.21. The smallest absolute Gasteiger partial charge is 0.147 e. The molecule has 0 aromatic carbocycles. The molecular formula is C10H17NO3. The van der Waals surface area contributed by atoms with Crippen LogP contribution in [0, 0.1) is 0 Å². The number of rotatable bonds is 4. The van der Waals surface area contributed by atoms with E-state index < -0.39 is 0 Å². The number of nitrogens with zero attached hydrogens (tertiary/aromatic N) is 1. The average Bonchev–Trinajstić information content (AvgIpc) is 2.65. The summed E-state index contributed by atoms with van der Waals surface area (Å²) >= 11 is 0. The Balaban J connectivity index is 2.46. The summed E-state index contributed by atoms with van der Waals surface area (Å²) in [7, 11) is 1.87. The van der Waals surface area contributed by atoms with Gasteiger partial charge in [0.25, 0.3) is 0 Å². The highest BCUT2D eigenvalue weighted by atomic mass is 16.5. The van der Waals surface area contributed by atoms with Crippen LogP contribution in [-0.4, -0.2) is 42.3 Å². The molecule has 0 saturated carbocycles. The van der Waals surface area contributed by atoms with Gasteiger partial charge in [0.1, 0.15) is 12.5 Å². The monoisotopic (exact) mass is 199 g/mol. The van der Waals surface area contributed by atoms with Crippen molar-refractivity contribution < 1.29 is 14.6 Å². The van der Waals surface area contributed by atoms with Gasteiger partial charge in [-0.2, -0.15) is 0 Å². The van der Waals surface area contributed by atoms with Crippen LogP contribution >= 0.6 is 0 Å². The third-order valence-corrected chi connectivity index (χ3v) is 2.34. The van der Waals surface area contributed by atoms with Gasteiger partial charge in [0.05, 0.1) is 12.7 Å². The molecule has 2 atom stereocenters. The molecule has 1 N–H and O–H groups in total. The van der Waals surface area contributed by atoms with E-state index >= 15 is 0 Å². The van der Waals surface area contributed by atoms with Gasteiger partial charge in [-0.05, 0) is 19.8 Å². The molecule has 1 rings (SSSR count). The Bertz CT molecular complexity index is 227. The van der Waals surface area contributed by atoms with Gasteiger partial charge in [0, 0.05) is 18.8 Å². The van der Waals surface area contributed by atoms with Crippen LogP contribution in [0.4, 0.5) is 0 Å². The standard InChI is InChI=1S/C10H17NO3/c1-8(6-12)5-11(2)10-4-3-9(7-13)14-10/h5-6,9-10,13H,3-4,7H2,1-2H3/b8-5-. The average molecular weight is 199 g/mol. The number of allylic oxidation sites excluding steroid dienone is 1. The molecule has 80 valence electrons. The maximum atomic E-state index is 10.4. The van der Waals surface area contributed by atoms with Crippen molar-refractivity contribution in [3.63, 3.8) is 0 Å². The highest BCUT2D eigenvalue weighted by Gasteiger charge is 2.26. The first-order valence-electron chi connectivity index (χ1n) is 4.79. The molecule has 0 radical (unpaired) electrons. The van der Waals surface area contributed by atoms with Crippen molar-refractivity contribution in [2.24, 2.45) is 0 Å². The first-order chi connectivity index (χ1) is 6.67. The van der Waals surface area contributed by atoms with Crippen LogP contribution in [0.3, 0.4) is 0 Å². The minimum Gasteiger partial charge on any atom is -0.394 e. The summed E-state index contributed by atoms with van der Waals surface area (Å²) in [6.07, 6.45) is 4.28. The van der Waals surface area contributed by atoms with Crippen LogP contribution in [0.1, 0.15) is 19.8 Å². The lowest BCUT2D eigenvalue weighted by molar-refractivity contribution is -0.105. The van der Waals surface area contributed by atoms with E-state index in [9.17, 15) is 4.79 Å². The highest BCUT2D eigenvalue weighted by molar-refractivity contribution is 5.71. The molecule has 0 bridgehead atoms. The number of aliphatic hydroxyl groups excluding tert-OH is 1. The van der Waals surface area contributed by atoms with Gasteiger partial charge in [-0.3, -0.25) is 4.79 Å². The minimum atomic E-state index is -0.0487. The predicted octanol–water partition coefficient (Wildman–Crippen LogP) is 0.518. The molecule has 14 heavy (non-hydrogen) atoms. The number of hydrogen-bond donors (Lipinski definition) is 1. The summed E-state index contributed by atoms with van der Waals surface area (Å²) in [5.41, 5.74) is 0.670. The molecule has 0 spiro atoms. The molecule has 0 amide bonds. The topological polar surface area (TPSA) is 49.8 Å². The van der Waals surface area contributed by atoms with Gasteiger partial charge in [0.15, 0.2) is 0 Å². The SMILES string of the molecule is C/C(C=O)=C/N(C)C1CCC(CO)O1. The zero-order chi connectivity index (χ0) is 10.6. The van der Waals surface area contributed by atoms with Crippen molar-refractivity contribution in [3.05, 3.63) is 11.8 Å². The maximum Gasteiger partial charge on any atom is 0.147 e. The Morgan fingerprint density at radius 2 is 2.36 bits per heavy atom. The van der Waals surface area contributed by atoms with E-state index in [-0.39, 0.29) is 18.9 Å². The van der Waals surface area contributed by atoms with Crippen molar-refractivity contribution in [1.82, 2.24) is 4.90 Å². The van der Waals surface area contributed by atoms with Crippen molar-refractivity contribution in [2.45, 2.75) is 32.1 Å². The Labute approximate surface area is 84.2 Å². The third-order valence-electron chi connectivity index (χ3n) is 2.34. The number of aliphatic hydroxyl groups is 1. The van der Waals surface area contributed by atoms with Crippen molar-refractivity contribution in [1.29, 1.82) is 0 Å². The Kier molecular flexibility index (Phi) is 4.10. The summed E-state index contributed by atoms with van der Waals surface area (Å²) < 4.78 is 5.53. The molecule has 1 aliphatic rings. The number of carbonyl (C=O) groups is 1. The van der Waals surface area contributed by atoms with Gasteiger partial charge >= 0.3 is 0 Å². The lowest BCUT2D eigenvalue weighted by atomic mass is 10.2. The molecule has 0 aliphatic carbocycles. The van der Waals surface area contributed by atoms with E-state index in [1.807, 2.05) is 11.9 Å². The second kappa shape index (κ2) is 5.12. The molecule has 0 aromatic heterocycles. The van der Waals surface area contributed by atoms with Crippen molar-refractivity contribution in [2.75, 3.05) is 13.7 Å². The summed E-state index contributed by atoms with van der Waals surface area (Å²) in [4.78, 5) is 12.3. The van der Waals surface area contributed by atoms with Gasteiger partial charge in [-0.15, -0.1) is 0 Å². The molecule has 1 heterocycles. The van der Waals surface area contributed by atoms with E-state index in [0.717, 1.165) is 19.1 Å². The fourth-order valence-electron chi connectivity index (χ4n) is 1.56. The van der Waals surface area contributed by atoms with E-state index in [2.05, 4.69) is 0 Å². The zero-order valence-corrected chi connectivity index (χ0v) is 8.64. The van der Waals surface area contributed by atoms with Crippen LogP contribution < -0.4 is 0 Å². The van der Waals surface area contributed by atoms with Crippen LogP contribution in [-0.2, 0) is 9.53 Å². The lowest BCUT2D eigenvalue weighted by Crippen LogP contribution is -2.28. The quantitative estimate of drug-likeness (QED) is 0.529. The summed E-state index contributed by atoms with van der Waals surface area (Å²) in [6.45, 7) is 1.82. The Hall–Kier alpha value is -0.870.